The topological polar surface area (TPSA) is 134 Å². The fourth-order valence-corrected chi connectivity index (χ4v) is 6.82. The summed E-state index contributed by atoms with van der Waals surface area (Å²) in [5.41, 5.74) is 3.26. The van der Waals surface area contributed by atoms with E-state index in [1.807, 2.05) is 30.9 Å². The highest BCUT2D eigenvalue weighted by atomic mass is 32.3. The number of nitrogens with one attached hydrogen (secondary N) is 2. The number of aryl methyl sites for hydroxylation is 1. The molecule has 2 aromatic heterocycles. The van der Waals surface area contributed by atoms with Gasteiger partial charge in [-0.25, -0.2) is 9.67 Å². The zero-order chi connectivity index (χ0) is 23.9. The molecule has 4 N–H and O–H groups in total. The van der Waals surface area contributed by atoms with Gasteiger partial charge in [-0.2, -0.15) is 15.7 Å². The zero-order valence-corrected chi connectivity index (χ0v) is 20.6. The molecule has 1 spiro atoms. The number of hydrogen-bond donors (Lipinski definition) is 4. The van der Waals surface area contributed by atoms with Crippen molar-refractivity contribution in [2.45, 2.75) is 70.6 Å². The van der Waals surface area contributed by atoms with Crippen LogP contribution in [0.3, 0.4) is 0 Å². The van der Waals surface area contributed by atoms with E-state index in [1.54, 1.807) is 0 Å². The first-order valence-corrected chi connectivity index (χ1v) is 14.1. The van der Waals surface area contributed by atoms with Gasteiger partial charge in [0.05, 0.1) is 23.0 Å². The Kier molecular flexibility index (Phi) is 6.19. The number of hydrogen-bond acceptors (Lipinski definition) is 8. The minimum Gasteiger partial charge on any atom is -0.389 e. The van der Waals surface area contributed by atoms with Crippen molar-refractivity contribution in [3.05, 3.63) is 18.0 Å². The summed E-state index contributed by atoms with van der Waals surface area (Å²) >= 11 is 0. The number of anilines is 1. The number of oxime groups is 1. The van der Waals surface area contributed by atoms with Crippen molar-refractivity contribution in [1.29, 1.82) is 0 Å². The van der Waals surface area contributed by atoms with Gasteiger partial charge in [0.2, 0.25) is 5.91 Å². The first-order valence-electron chi connectivity index (χ1n) is 12.2. The molecule has 1 aliphatic carbocycles. The minimum absolute atomic E-state index is 0.0805. The van der Waals surface area contributed by atoms with E-state index >= 15 is 0 Å². The molecule has 2 fully saturated rings. The van der Waals surface area contributed by atoms with Gasteiger partial charge in [-0.1, -0.05) is 12.1 Å². The molecule has 10 nitrogen and oxygen atoms in total. The van der Waals surface area contributed by atoms with Gasteiger partial charge in [-0.3, -0.25) is 13.9 Å². The second-order valence-electron chi connectivity index (χ2n) is 9.79. The number of nitrogens with zero attached hydrogens (tertiary/aromatic N) is 4. The summed E-state index contributed by atoms with van der Waals surface area (Å²) < 4.78 is 21.9. The number of pyridine rings is 1. The van der Waals surface area contributed by atoms with Crippen LogP contribution < -0.4 is 10.6 Å². The lowest BCUT2D eigenvalue weighted by Crippen LogP contribution is -2.48. The van der Waals surface area contributed by atoms with Gasteiger partial charge >= 0.3 is 0 Å². The molecule has 1 saturated heterocycles. The van der Waals surface area contributed by atoms with Crippen LogP contribution in [0.4, 0.5) is 5.69 Å². The second-order valence-corrected chi connectivity index (χ2v) is 12.2. The number of amides is 1. The molecule has 0 aromatic carbocycles. The number of aromatic nitrogens is 3. The molecule has 186 valence electrons. The lowest BCUT2D eigenvalue weighted by molar-refractivity contribution is -0.124. The molecule has 0 atom stereocenters. The summed E-state index contributed by atoms with van der Waals surface area (Å²) in [7, 11) is -2.44. The van der Waals surface area contributed by atoms with Crippen LogP contribution in [0.1, 0.15) is 57.9 Å². The summed E-state index contributed by atoms with van der Waals surface area (Å²) in [6.07, 6.45) is 8.05. The maximum atomic E-state index is 11.6. The molecule has 0 unspecified atom stereocenters. The summed E-state index contributed by atoms with van der Waals surface area (Å²) in [5.74, 6) is 1.34. The Balaban J connectivity index is 1.34. The van der Waals surface area contributed by atoms with Crippen LogP contribution in [0.5, 0.6) is 0 Å². The Bertz CT molecular complexity index is 1100. The SMILES string of the molecule is CCC(=O)NCC1CC2(CC(c3cnc4c(cnn4CC)c3NC3CCS(O)(O)CC3)=NO2)C1. The molecular weight excluding hydrogens is 456 g/mol. The average molecular weight is 491 g/mol. The quantitative estimate of drug-likeness (QED) is 0.466. The summed E-state index contributed by atoms with van der Waals surface area (Å²) in [6, 6.07) is 0.140. The van der Waals surface area contributed by atoms with Gasteiger partial charge in [0.25, 0.3) is 0 Å². The third-order valence-corrected chi connectivity index (χ3v) is 9.06. The number of fused-ring (bicyclic) bond motifs is 1. The fourth-order valence-electron chi connectivity index (χ4n) is 5.29. The van der Waals surface area contributed by atoms with Crippen LogP contribution in [0.25, 0.3) is 11.0 Å². The highest BCUT2D eigenvalue weighted by molar-refractivity contribution is 8.24. The van der Waals surface area contributed by atoms with E-state index in [0.717, 1.165) is 47.4 Å². The van der Waals surface area contributed by atoms with E-state index < -0.39 is 10.6 Å². The molecular formula is C23H34N6O4S. The summed E-state index contributed by atoms with van der Waals surface area (Å²) in [6.45, 7) is 5.31. The lowest BCUT2D eigenvalue weighted by Gasteiger charge is -2.42. The first kappa shape index (κ1) is 23.4. The normalized spacial score (nSPS) is 24.4. The monoisotopic (exact) mass is 490 g/mol. The van der Waals surface area contributed by atoms with E-state index in [-0.39, 0.29) is 17.6 Å². The number of rotatable bonds is 7. The number of carbonyl (C=O) groups is 1. The van der Waals surface area contributed by atoms with E-state index in [4.69, 9.17) is 9.82 Å². The Morgan fingerprint density at radius 3 is 2.74 bits per heavy atom. The minimum atomic E-state index is -2.44. The zero-order valence-electron chi connectivity index (χ0n) is 19.8. The molecule has 5 rings (SSSR count). The van der Waals surface area contributed by atoms with Gasteiger partial charge in [-0.15, -0.1) is 0 Å². The van der Waals surface area contributed by atoms with Gasteiger partial charge in [0, 0.05) is 55.2 Å². The predicted molar refractivity (Wildman–Crippen MR) is 133 cm³/mol. The van der Waals surface area contributed by atoms with E-state index in [2.05, 4.69) is 20.9 Å². The summed E-state index contributed by atoms with van der Waals surface area (Å²) in [4.78, 5) is 22.2. The van der Waals surface area contributed by atoms with Crippen LogP contribution in [-0.2, 0) is 16.2 Å². The molecule has 3 aliphatic rings. The Hall–Kier alpha value is -2.37. The van der Waals surface area contributed by atoms with Crippen LogP contribution in [0.15, 0.2) is 17.5 Å². The smallest absolute Gasteiger partial charge is 0.219 e. The van der Waals surface area contributed by atoms with Crippen molar-refractivity contribution < 1.29 is 18.7 Å². The fraction of sp³-hybridized carbons (Fsp3) is 0.652. The van der Waals surface area contributed by atoms with Crippen LogP contribution in [0, 0.1) is 5.92 Å². The average Bonchev–Trinajstić information content (AvgIpc) is 3.43. The molecule has 1 saturated carbocycles. The second kappa shape index (κ2) is 9.01. The van der Waals surface area contributed by atoms with Crippen molar-refractivity contribution in [1.82, 2.24) is 20.1 Å². The Morgan fingerprint density at radius 2 is 2.03 bits per heavy atom. The maximum Gasteiger partial charge on any atom is 0.219 e. The lowest BCUT2D eigenvalue weighted by atomic mass is 9.68. The van der Waals surface area contributed by atoms with E-state index in [0.29, 0.717) is 49.7 Å². The highest BCUT2D eigenvalue weighted by Crippen LogP contribution is 2.48. The standard InChI is InChI=1S/C23H34N6O4S/c1-3-20(30)24-12-15-9-23(10-15)11-19(28-33-23)17-13-25-22-18(14-26-29(22)4-2)21(17)27-16-5-7-34(31,32)8-6-16/h13-16,31-32H,3-12H2,1-2H3,(H,24,30)(H,25,27). The molecule has 11 heteroatoms. The van der Waals surface area contributed by atoms with Gasteiger partial charge in [0.1, 0.15) is 5.60 Å². The van der Waals surface area contributed by atoms with E-state index in [9.17, 15) is 13.9 Å². The molecule has 2 aliphatic heterocycles. The van der Waals surface area contributed by atoms with Crippen LogP contribution in [-0.4, -0.2) is 65.2 Å². The van der Waals surface area contributed by atoms with Gasteiger partial charge in [0.15, 0.2) is 5.65 Å². The molecule has 4 heterocycles. The maximum absolute atomic E-state index is 11.6. The van der Waals surface area contributed by atoms with Crippen LogP contribution >= 0.6 is 10.6 Å². The summed E-state index contributed by atoms with van der Waals surface area (Å²) in [5, 5.41) is 16.6. The van der Waals surface area contributed by atoms with Crippen molar-refractivity contribution in [3.8, 4) is 0 Å². The molecule has 34 heavy (non-hydrogen) atoms. The Labute approximate surface area is 200 Å². The third kappa shape index (κ3) is 4.48. The third-order valence-electron chi connectivity index (χ3n) is 7.28. The van der Waals surface area contributed by atoms with Crippen LogP contribution in [0.2, 0.25) is 0 Å². The molecule has 1 amide bonds. The Morgan fingerprint density at radius 1 is 1.26 bits per heavy atom. The molecule has 0 radical (unpaired) electrons. The number of carbonyl (C=O) groups excluding carboxylic acids is 1. The van der Waals surface area contributed by atoms with Crippen molar-refractivity contribution >= 4 is 38.9 Å². The largest absolute Gasteiger partial charge is 0.389 e. The highest BCUT2D eigenvalue weighted by Gasteiger charge is 2.51. The van der Waals surface area contributed by atoms with Crippen molar-refractivity contribution in [2.24, 2.45) is 11.1 Å². The predicted octanol–water partition coefficient (Wildman–Crippen LogP) is 3.58. The first-order chi connectivity index (χ1) is 16.3. The van der Waals surface area contributed by atoms with Crippen molar-refractivity contribution in [3.63, 3.8) is 0 Å². The van der Waals surface area contributed by atoms with Crippen molar-refractivity contribution in [2.75, 3.05) is 23.4 Å². The molecule has 2 aromatic rings. The van der Waals surface area contributed by atoms with Gasteiger partial charge in [-0.05, 0) is 38.5 Å². The molecule has 0 bridgehead atoms. The van der Waals surface area contributed by atoms with E-state index in [1.165, 1.54) is 0 Å². The van der Waals surface area contributed by atoms with Gasteiger partial charge < -0.3 is 15.5 Å².